The summed E-state index contributed by atoms with van der Waals surface area (Å²) >= 11 is 7.05. The zero-order valence-corrected chi connectivity index (χ0v) is 18.6. The van der Waals surface area contributed by atoms with Gasteiger partial charge in [0.25, 0.3) is 0 Å². The van der Waals surface area contributed by atoms with Gasteiger partial charge in [0.1, 0.15) is 0 Å². The molecule has 0 aliphatic rings. The van der Waals surface area contributed by atoms with Gasteiger partial charge in [-0.3, -0.25) is 0 Å². The monoisotopic (exact) mass is 488 g/mol. The molecule has 0 saturated heterocycles. The van der Waals surface area contributed by atoms with Crippen molar-refractivity contribution in [3.05, 3.63) is 71.8 Å². The molecule has 0 aliphatic heterocycles. The predicted molar refractivity (Wildman–Crippen MR) is 112 cm³/mol. The summed E-state index contributed by atoms with van der Waals surface area (Å²) in [6.07, 6.45) is -0.496. The first-order valence-electron chi connectivity index (χ1n) is 8.08. The summed E-state index contributed by atoms with van der Waals surface area (Å²) in [6, 6.07) is 20.1. The number of methoxy groups -OCH3 is 4. The highest BCUT2D eigenvalue weighted by atomic mass is 79.9. The zero-order chi connectivity index (χ0) is 19.4. The molecule has 0 bridgehead atoms. The Morgan fingerprint density at radius 2 is 0.808 bits per heavy atom. The van der Waals surface area contributed by atoms with Crippen LogP contribution >= 0.6 is 31.9 Å². The van der Waals surface area contributed by atoms with Crippen LogP contribution in [0, 0.1) is 0 Å². The Bertz CT molecular complexity index is 521. The van der Waals surface area contributed by atoms with Crippen LogP contribution in [0.5, 0.6) is 0 Å². The Morgan fingerprint density at radius 1 is 0.538 bits per heavy atom. The van der Waals surface area contributed by atoms with Crippen molar-refractivity contribution < 1.29 is 18.9 Å². The quantitative estimate of drug-likeness (QED) is 0.363. The van der Waals surface area contributed by atoms with Crippen molar-refractivity contribution in [2.75, 3.05) is 28.4 Å². The summed E-state index contributed by atoms with van der Waals surface area (Å²) < 4.78 is 20.6. The maximum atomic E-state index is 5.15. The molecular weight excluding hydrogens is 464 g/mol. The van der Waals surface area contributed by atoms with Gasteiger partial charge in [-0.2, -0.15) is 0 Å². The standard InChI is InChI=1S/2C10H13BrO2/c2*1-12-10(13-2)9(11)8-6-4-3-5-7-8/h2*3-7,9-10H,1-2H3. The second-order valence-electron chi connectivity index (χ2n) is 5.30. The molecule has 0 radical (unpaired) electrons. The fourth-order valence-corrected chi connectivity index (χ4v) is 3.73. The largest absolute Gasteiger partial charge is 0.354 e. The van der Waals surface area contributed by atoms with Gasteiger partial charge in [-0.25, -0.2) is 0 Å². The van der Waals surface area contributed by atoms with E-state index in [4.69, 9.17) is 18.9 Å². The van der Waals surface area contributed by atoms with Gasteiger partial charge in [0, 0.05) is 28.4 Å². The molecule has 2 unspecified atom stereocenters. The number of halogens is 2. The topological polar surface area (TPSA) is 36.9 Å². The zero-order valence-electron chi connectivity index (χ0n) is 15.5. The number of hydrogen-bond donors (Lipinski definition) is 0. The minimum Gasteiger partial charge on any atom is -0.354 e. The number of hydrogen-bond acceptors (Lipinski definition) is 4. The highest BCUT2D eigenvalue weighted by molar-refractivity contribution is 9.09. The molecule has 2 aromatic rings. The van der Waals surface area contributed by atoms with Crippen LogP contribution in [-0.2, 0) is 18.9 Å². The fraction of sp³-hybridized carbons (Fsp3) is 0.400. The molecule has 2 atom stereocenters. The third-order valence-corrected chi connectivity index (χ3v) is 5.56. The highest BCUT2D eigenvalue weighted by Crippen LogP contribution is 2.28. The van der Waals surface area contributed by atoms with Crippen LogP contribution in [0.1, 0.15) is 20.8 Å². The minimum absolute atomic E-state index is 0.0729. The maximum Gasteiger partial charge on any atom is 0.173 e. The summed E-state index contributed by atoms with van der Waals surface area (Å²) in [5, 5.41) is 0. The Hall–Kier alpha value is -0.760. The van der Waals surface area contributed by atoms with Crippen molar-refractivity contribution in [3.63, 3.8) is 0 Å². The van der Waals surface area contributed by atoms with Crippen LogP contribution in [0.25, 0.3) is 0 Å². The molecule has 6 heteroatoms. The van der Waals surface area contributed by atoms with E-state index < -0.39 is 0 Å². The maximum absolute atomic E-state index is 5.15. The first-order chi connectivity index (χ1) is 12.6. The van der Waals surface area contributed by atoms with E-state index in [0.29, 0.717) is 0 Å². The number of benzene rings is 2. The van der Waals surface area contributed by atoms with E-state index in [9.17, 15) is 0 Å². The third kappa shape index (κ3) is 7.47. The van der Waals surface area contributed by atoms with Gasteiger partial charge in [-0.05, 0) is 11.1 Å². The summed E-state index contributed by atoms with van der Waals surface area (Å²) in [6.45, 7) is 0. The number of alkyl halides is 2. The summed E-state index contributed by atoms with van der Waals surface area (Å²) in [4.78, 5) is 0.146. The Balaban J connectivity index is 0.000000260. The lowest BCUT2D eigenvalue weighted by Gasteiger charge is -2.19. The smallest absolute Gasteiger partial charge is 0.173 e. The van der Waals surface area contributed by atoms with Gasteiger partial charge in [-0.15, -0.1) is 0 Å². The Labute approximate surface area is 173 Å². The van der Waals surface area contributed by atoms with Gasteiger partial charge in [0.2, 0.25) is 0 Å². The molecule has 0 fully saturated rings. The number of rotatable bonds is 8. The van der Waals surface area contributed by atoms with Gasteiger partial charge in [0.15, 0.2) is 12.6 Å². The third-order valence-electron chi connectivity index (χ3n) is 3.64. The average Bonchev–Trinajstić information content (AvgIpc) is 2.71. The van der Waals surface area contributed by atoms with E-state index in [0.717, 1.165) is 11.1 Å². The molecule has 0 N–H and O–H groups in total. The molecule has 0 aliphatic carbocycles. The SMILES string of the molecule is COC(OC)C(Br)c1ccccc1.COC(OC)C(Br)c1ccccc1. The molecular formula is C20H26Br2O4. The Kier molecular flexibility index (Phi) is 12.0. The molecule has 144 valence electrons. The summed E-state index contributed by atoms with van der Waals surface area (Å²) in [7, 11) is 6.52. The van der Waals surface area contributed by atoms with E-state index in [2.05, 4.69) is 31.9 Å². The normalized spacial score (nSPS) is 13.2. The fourth-order valence-electron chi connectivity index (χ4n) is 2.26. The molecule has 0 aromatic heterocycles. The van der Waals surface area contributed by atoms with Crippen LogP contribution in [0.15, 0.2) is 60.7 Å². The van der Waals surface area contributed by atoms with Crippen molar-refractivity contribution in [1.29, 1.82) is 0 Å². The van der Waals surface area contributed by atoms with Crippen LogP contribution in [0.2, 0.25) is 0 Å². The van der Waals surface area contributed by atoms with Crippen molar-refractivity contribution in [3.8, 4) is 0 Å². The molecule has 0 heterocycles. The van der Waals surface area contributed by atoms with Gasteiger partial charge < -0.3 is 18.9 Å². The predicted octanol–water partition coefficient (Wildman–Crippen LogP) is 5.48. The van der Waals surface area contributed by atoms with Crippen molar-refractivity contribution >= 4 is 31.9 Å². The van der Waals surface area contributed by atoms with E-state index >= 15 is 0 Å². The second-order valence-corrected chi connectivity index (χ2v) is 7.28. The molecule has 26 heavy (non-hydrogen) atoms. The van der Waals surface area contributed by atoms with Crippen molar-refractivity contribution in [2.45, 2.75) is 22.2 Å². The lowest BCUT2D eigenvalue weighted by atomic mass is 10.1. The minimum atomic E-state index is -0.248. The second kappa shape index (κ2) is 13.4. The van der Waals surface area contributed by atoms with Gasteiger partial charge in [0.05, 0.1) is 9.65 Å². The lowest BCUT2D eigenvalue weighted by molar-refractivity contribution is -0.101. The van der Waals surface area contributed by atoms with E-state index in [1.54, 1.807) is 28.4 Å². The molecule has 0 spiro atoms. The first-order valence-corrected chi connectivity index (χ1v) is 9.91. The molecule has 4 nitrogen and oxygen atoms in total. The summed E-state index contributed by atoms with van der Waals surface area (Å²) in [5.41, 5.74) is 2.30. The van der Waals surface area contributed by atoms with Crippen LogP contribution in [0.3, 0.4) is 0 Å². The van der Waals surface area contributed by atoms with Gasteiger partial charge >= 0.3 is 0 Å². The van der Waals surface area contributed by atoms with E-state index in [1.807, 2.05) is 60.7 Å². The van der Waals surface area contributed by atoms with Gasteiger partial charge in [-0.1, -0.05) is 92.5 Å². The highest BCUT2D eigenvalue weighted by Gasteiger charge is 2.19. The van der Waals surface area contributed by atoms with Crippen molar-refractivity contribution in [1.82, 2.24) is 0 Å². The molecule has 2 aromatic carbocycles. The van der Waals surface area contributed by atoms with E-state index in [-0.39, 0.29) is 22.2 Å². The molecule has 2 rings (SSSR count). The van der Waals surface area contributed by atoms with Crippen LogP contribution in [0.4, 0.5) is 0 Å². The first kappa shape index (κ1) is 23.3. The van der Waals surface area contributed by atoms with E-state index in [1.165, 1.54) is 0 Å². The van der Waals surface area contributed by atoms with Crippen LogP contribution in [-0.4, -0.2) is 41.0 Å². The average molecular weight is 490 g/mol. The molecule has 0 saturated carbocycles. The Morgan fingerprint density at radius 3 is 1.04 bits per heavy atom. The lowest BCUT2D eigenvalue weighted by Crippen LogP contribution is -2.18. The van der Waals surface area contributed by atoms with Crippen LogP contribution < -0.4 is 0 Å². The molecule has 0 amide bonds. The number of ether oxygens (including phenoxy) is 4. The summed E-state index contributed by atoms with van der Waals surface area (Å²) in [5.74, 6) is 0. The van der Waals surface area contributed by atoms with Crippen molar-refractivity contribution in [2.24, 2.45) is 0 Å².